The van der Waals surface area contributed by atoms with Gasteiger partial charge in [0.05, 0.1) is 18.7 Å². The van der Waals surface area contributed by atoms with Crippen LogP contribution in [0.25, 0.3) is 0 Å². The zero-order chi connectivity index (χ0) is 13.5. The van der Waals surface area contributed by atoms with Gasteiger partial charge in [-0.2, -0.15) is 12.6 Å². The first-order valence-corrected chi connectivity index (χ1v) is 6.56. The fourth-order valence-corrected chi connectivity index (χ4v) is 1.86. The van der Waals surface area contributed by atoms with Crippen molar-refractivity contribution in [1.29, 1.82) is 0 Å². The standard InChI is InChI=1S/C11H24N2O3S/c1-2-3-4-5-11(16,9(13)6-14)10(15)8(12)7-17/h8-9,14,16-17H,2-7,12-13H2,1H3. The highest BCUT2D eigenvalue weighted by Gasteiger charge is 2.42. The number of unbranched alkanes of at least 4 members (excludes halogenated alkanes) is 2. The van der Waals surface area contributed by atoms with Gasteiger partial charge in [0.15, 0.2) is 5.78 Å². The number of aliphatic hydroxyl groups is 2. The van der Waals surface area contributed by atoms with Crippen LogP contribution in [0.2, 0.25) is 0 Å². The monoisotopic (exact) mass is 264 g/mol. The summed E-state index contributed by atoms with van der Waals surface area (Å²) >= 11 is 3.93. The summed E-state index contributed by atoms with van der Waals surface area (Å²) in [5.74, 6) is -0.391. The van der Waals surface area contributed by atoms with Crippen molar-refractivity contribution in [3.63, 3.8) is 0 Å². The molecule has 0 saturated carbocycles. The van der Waals surface area contributed by atoms with E-state index < -0.39 is 30.1 Å². The Hall–Kier alpha value is -0.140. The van der Waals surface area contributed by atoms with Crippen molar-refractivity contribution in [2.45, 2.75) is 50.3 Å². The maximum Gasteiger partial charge on any atom is 0.183 e. The molecule has 102 valence electrons. The fourth-order valence-electron chi connectivity index (χ4n) is 1.69. The molecule has 0 radical (unpaired) electrons. The van der Waals surface area contributed by atoms with Crippen LogP contribution in [0.4, 0.5) is 0 Å². The maximum absolute atomic E-state index is 12.0. The number of Topliss-reactive ketones (excluding diaryl/α,β-unsaturated/α-hetero) is 1. The Morgan fingerprint density at radius 3 is 2.41 bits per heavy atom. The van der Waals surface area contributed by atoms with E-state index in [4.69, 9.17) is 16.6 Å². The second-order valence-electron chi connectivity index (χ2n) is 4.32. The lowest BCUT2D eigenvalue weighted by Gasteiger charge is -2.33. The summed E-state index contributed by atoms with van der Waals surface area (Å²) in [5, 5.41) is 19.4. The quantitative estimate of drug-likeness (QED) is 0.283. The molecular weight excluding hydrogens is 240 g/mol. The minimum atomic E-state index is -1.74. The van der Waals surface area contributed by atoms with Crippen LogP contribution in [0.3, 0.4) is 0 Å². The Kier molecular flexibility index (Phi) is 7.98. The lowest BCUT2D eigenvalue weighted by Crippen LogP contribution is -2.60. The van der Waals surface area contributed by atoms with E-state index in [1.165, 1.54) is 0 Å². The molecule has 0 aromatic rings. The summed E-state index contributed by atoms with van der Waals surface area (Å²) < 4.78 is 0. The zero-order valence-corrected chi connectivity index (χ0v) is 11.2. The first kappa shape index (κ1) is 16.9. The molecule has 0 aliphatic carbocycles. The Morgan fingerprint density at radius 2 is 2.00 bits per heavy atom. The number of nitrogens with two attached hydrogens (primary N) is 2. The van der Waals surface area contributed by atoms with Gasteiger partial charge in [0.25, 0.3) is 0 Å². The van der Waals surface area contributed by atoms with Gasteiger partial charge in [0.1, 0.15) is 5.60 Å². The van der Waals surface area contributed by atoms with Crippen molar-refractivity contribution in [2.24, 2.45) is 11.5 Å². The van der Waals surface area contributed by atoms with Crippen molar-refractivity contribution in [3.8, 4) is 0 Å². The van der Waals surface area contributed by atoms with Crippen LogP contribution in [0.1, 0.15) is 32.6 Å². The van der Waals surface area contributed by atoms with Crippen molar-refractivity contribution < 1.29 is 15.0 Å². The van der Waals surface area contributed by atoms with Crippen LogP contribution in [-0.4, -0.2) is 46.0 Å². The van der Waals surface area contributed by atoms with E-state index in [0.717, 1.165) is 12.8 Å². The number of ketones is 1. The summed E-state index contributed by atoms with van der Waals surface area (Å²) in [6, 6.07) is -1.86. The number of hydrogen-bond acceptors (Lipinski definition) is 6. The SMILES string of the molecule is CCCCCC(O)(C(=O)C(N)CS)C(N)CO. The van der Waals surface area contributed by atoms with E-state index in [-0.39, 0.29) is 12.2 Å². The summed E-state index contributed by atoms with van der Waals surface area (Å²) in [7, 11) is 0. The van der Waals surface area contributed by atoms with Crippen LogP contribution in [0.15, 0.2) is 0 Å². The number of thiol groups is 1. The van der Waals surface area contributed by atoms with E-state index in [1.807, 2.05) is 6.92 Å². The van der Waals surface area contributed by atoms with Crippen molar-refractivity contribution in [3.05, 3.63) is 0 Å². The van der Waals surface area contributed by atoms with Gasteiger partial charge in [0, 0.05) is 5.75 Å². The highest BCUT2D eigenvalue weighted by atomic mass is 32.1. The summed E-state index contributed by atoms with van der Waals surface area (Å²) in [4.78, 5) is 12.0. The lowest BCUT2D eigenvalue weighted by atomic mass is 9.82. The molecular formula is C11H24N2O3S. The number of rotatable bonds is 9. The highest BCUT2D eigenvalue weighted by Crippen LogP contribution is 2.21. The molecule has 0 fully saturated rings. The van der Waals surface area contributed by atoms with Gasteiger partial charge in [-0.3, -0.25) is 4.79 Å². The summed E-state index contributed by atoms with van der Waals surface area (Å²) in [6.45, 7) is 1.57. The average molecular weight is 264 g/mol. The lowest BCUT2D eigenvalue weighted by molar-refractivity contribution is -0.142. The van der Waals surface area contributed by atoms with Gasteiger partial charge in [-0.05, 0) is 6.42 Å². The van der Waals surface area contributed by atoms with E-state index in [0.29, 0.717) is 6.42 Å². The molecule has 5 nitrogen and oxygen atoms in total. The molecule has 0 saturated heterocycles. The van der Waals surface area contributed by atoms with Gasteiger partial charge in [-0.25, -0.2) is 0 Å². The van der Waals surface area contributed by atoms with Crippen molar-refractivity contribution in [1.82, 2.24) is 0 Å². The molecule has 0 spiro atoms. The van der Waals surface area contributed by atoms with Gasteiger partial charge in [-0.15, -0.1) is 0 Å². The van der Waals surface area contributed by atoms with Crippen LogP contribution in [0, 0.1) is 0 Å². The molecule has 6 N–H and O–H groups in total. The van der Waals surface area contributed by atoms with Crippen LogP contribution in [-0.2, 0) is 4.79 Å². The van der Waals surface area contributed by atoms with Crippen molar-refractivity contribution >= 4 is 18.4 Å². The average Bonchev–Trinajstić information content (AvgIpc) is 2.35. The maximum atomic E-state index is 12.0. The van der Waals surface area contributed by atoms with Gasteiger partial charge >= 0.3 is 0 Å². The van der Waals surface area contributed by atoms with Crippen LogP contribution in [0.5, 0.6) is 0 Å². The summed E-state index contributed by atoms with van der Waals surface area (Å²) in [6.07, 6.45) is 2.76. The predicted octanol–water partition coefficient (Wildman–Crippen LogP) is -0.556. The molecule has 3 atom stereocenters. The Balaban J connectivity index is 4.76. The topological polar surface area (TPSA) is 110 Å². The highest BCUT2D eigenvalue weighted by molar-refractivity contribution is 7.80. The number of carbonyl (C=O) groups is 1. The molecule has 3 unspecified atom stereocenters. The second kappa shape index (κ2) is 8.05. The zero-order valence-electron chi connectivity index (χ0n) is 10.3. The third-order valence-electron chi connectivity index (χ3n) is 2.93. The molecule has 0 aromatic heterocycles. The largest absolute Gasteiger partial charge is 0.395 e. The van der Waals surface area contributed by atoms with Gasteiger partial charge < -0.3 is 21.7 Å². The van der Waals surface area contributed by atoms with E-state index in [9.17, 15) is 9.90 Å². The molecule has 0 bridgehead atoms. The summed E-state index contributed by atoms with van der Waals surface area (Å²) in [5.41, 5.74) is 9.46. The smallest absolute Gasteiger partial charge is 0.183 e. The predicted molar refractivity (Wildman–Crippen MR) is 71.0 cm³/mol. The van der Waals surface area contributed by atoms with E-state index in [1.54, 1.807) is 0 Å². The Labute approximate surface area is 108 Å². The molecule has 17 heavy (non-hydrogen) atoms. The van der Waals surface area contributed by atoms with Crippen LogP contribution < -0.4 is 11.5 Å². The molecule has 0 aromatic carbocycles. The Bertz CT molecular complexity index is 241. The first-order chi connectivity index (χ1) is 7.93. The van der Waals surface area contributed by atoms with Gasteiger partial charge in [0.2, 0.25) is 0 Å². The van der Waals surface area contributed by atoms with Gasteiger partial charge in [-0.1, -0.05) is 26.2 Å². The fraction of sp³-hybridized carbons (Fsp3) is 0.909. The minimum Gasteiger partial charge on any atom is -0.395 e. The first-order valence-electron chi connectivity index (χ1n) is 5.93. The van der Waals surface area contributed by atoms with E-state index >= 15 is 0 Å². The van der Waals surface area contributed by atoms with Crippen LogP contribution >= 0.6 is 12.6 Å². The van der Waals surface area contributed by atoms with E-state index in [2.05, 4.69) is 12.6 Å². The molecule has 0 rings (SSSR count). The number of carbonyl (C=O) groups excluding carboxylic acids is 1. The molecule has 0 aliphatic rings. The molecule has 0 heterocycles. The minimum absolute atomic E-state index is 0.146. The molecule has 0 aliphatic heterocycles. The Morgan fingerprint density at radius 1 is 1.41 bits per heavy atom. The number of hydrogen-bond donors (Lipinski definition) is 5. The molecule has 0 amide bonds. The third-order valence-corrected chi connectivity index (χ3v) is 3.33. The molecule has 6 heteroatoms. The van der Waals surface area contributed by atoms with Crippen molar-refractivity contribution in [2.75, 3.05) is 12.4 Å². The third kappa shape index (κ3) is 4.56. The normalized spacial score (nSPS) is 18.5. The number of aliphatic hydroxyl groups excluding tert-OH is 1. The second-order valence-corrected chi connectivity index (χ2v) is 4.69.